The summed E-state index contributed by atoms with van der Waals surface area (Å²) in [6, 6.07) is 0.606. The van der Waals surface area contributed by atoms with Gasteiger partial charge >= 0.3 is 0 Å². The zero-order valence-corrected chi connectivity index (χ0v) is 8.68. The van der Waals surface area contributed by atoms with Crippen LogP contribution in [0.2, 0.25) is 0 Å². The molecule has 0 amide bonds. The Morgan fingerprint density at radius 1 is 1.31 bits per heavy atom. The van der Waals surface area contributed by atoms with Gasteiger partial charge in [0.15, 0.2) is 0 Å². The Balaban J connectivity index is 2.27. The van der Waals surface area contributed by atoms with E-state index in [1.807, 2.05) is 0 Å². The Hall–Kier alpha value is -0.480. The zero-order chi connectivity index (χ0) is 9.52. The second-order valence-electron chi connectivity index (χ2n) is 4.13. The molecule has 1 aliphatic carbocycles. The lowest BCUT2D eigenvalue weighted by molar-refractivity contribution is 0.348. The molecule has 0 spiro atoms. The second-order valence-corrected chi connectivity index (χ2v) is 4.13. The van der Waals surface area contributed by atoms with Crippen LogP contribution in [0.5, 0.6) is 0 Å². The van der Waals surface area contributed by atoms with Gasteiger partial charge in [-0.15, -0.1) is 6.42 Å². The van der Waals surface area contributed by atoms with Gasteiger partial charge < -0.3 is 5.32 Å². The highest BCUT2D eigenvalue weighted by Gasteiger charge is 2.17. The lowest BCUT2D eigenvalue weighted by atomic mass is 9.93. The van der Waals surface area contributed by atoms with E-state index in [1.54, 1.807) is 0 Å². The Bertz CT molecular complexity index is 160. The third-order valence-corrected chi connectivity index (χ3v) is 3.13. The van der Waals surface area contributed by atoms with Crippen molar-refractivity contribution < 1.29 is 0 Å². The van der Waals surface area contributed by atoms with E-state index in [1.165, 1.54) is 38.5 Å². The molecule has 1 saturated carbocycles. The fourth-order valence-electron chi connectivity index (χ4n) is 2.20. The van der Waals surface area contributed by atoms with Crippen molar-refractivity contribution in [3.63, 3.8) is 0 Å². The van der Waals surface area contributed by atoms with Crippen LogP contribution in [-0.2, 0) is 0 Å². The summed E-state index contributed by atoms with van der Waals surface area (Å²) >= 11 is 0. The molecule has 74 valence electrons. The number of hydrogen-bond donors (Lipinski definition) is 1. The molecule has 0 heterocycles. The van der Waals surface area contributed by atoms with Crippen LogP contribution in [-0.4, -0.2) is 12.6 Å². The van der Waals surface area contributed by atoms with Crippen molar-refractivity contribution in [1.82, 2.24) is 5.32 Å². The predicted molar refractivity (Wildman–Crippen MR) is 57.5 cm³/mol. The van der Waals surface area contributed by atoms with Gasteiger partial charge in [0.25, 0.3) is 0 Å². The Morgan fingerprint density at radius 2 is 1.92 bits per heavy atom. The second kappa shape index (κ2) is 6.05. The molecule has 0 saturated heterocycles. The minimum absolute atomic E-state index is 0.606. The van der Waals surface area contributed by atoms with Gasteiger partial charge in [0.2, 0.25) is 0 Å². The van der Waals surface area contributed by atoms with Crippen molar-refractivity contribution >= 4 is 0 Å². The van der Waals surface area contributed by atoms with Gasteiger partial charge in [-0.05, 0) is 25.7 Å². The lowest BCUT2D eigenvalue weighted by Gasteiger charge is -2.22. The number of hydrogen-bond acceptors (Lipinski definition) is 1. The summed E-state index contributed by atoms with van der Waals surface area (Å²) in [6.45, 7) is 2.99. The van der Waals surface area contributed by atoms with E-state index in [4.69, 9.17) is 6.42 Å². The largest absolute Gasteiger partial charge is 0.303 e. The van der Waals surface area contributed by atoms with Crippen LogP contribution in [0.4, 0.5) is 0 Å². The summed E-state index contributed by atoms with van der Waals surface area (Å²) in [5.74, 6) is 3.50. The van der Waals surface area contributed by atoms with Gasteiger partial charge in [0.05, 0.1) is 6.54 Å². The highest BCUT2D eigenvalue weighted by Crippen LogP contribution is 2.25. The van der Waals surface area contributed by atoms with Crippen LogP contribution in [0.3, 0.4) is 0 Å². The first-order valence-corrected chi connectivity index (χ1v) is 5.51. The van der Waals surface area contributed by atoms with Crippen LogP contribution in [0.25, 0.3) is 0 Å². The van der Waals surface area contributed by atoms with E-state index >= 15 is 0 Å². The first-order chi connectivity index (χ1) is 6.34. The standard InChI is InChI=1S/C12H21N/c1-3-10-13-11(2)12-8-6-4-5-7-9-12/h1,11-13H,4-10H2,2H3/t11-/m0/s1. The van der Waals surface area contributed by atoms with E-state index in [2.05, 4.69) is 18.2 Å². The average Bonchev–Trinajstić information content (AvgIpc) is 2.42. The van der Waals surface area contributed by atoms with Crippen molar-refractivity contribution in [2.24, 2.45) is 5.92 Å². The quantitative estimate of drug-likeness (QED) is 0.518. The van der Waals surface area contributed by atoms with E-state index in [9.17, 15) is 0 Å². The smallest absolute Gasteiger partial charge is 0.0575 e. The maximum Gasteiger partial charge on any atom is 0.0575 e. The van der Waals surface area contributed by atoms with Crippen LogP contribution >= 0.6 is 0 Å². The minimum Gasteiger partial charge on any atom is -0.303 e. The molecular weight excluding hydrogens is 158 g/mol. The highest BCUT2D eigenvalue weighted by atomic mass is 14.9. The van der Waals surface area contributed by atoms with Crippen LogP contribution in [0.1, 0.15) is 45.4 Å². The van der Waals surface area contributed by atoms with Crippen molar-refractivity contribution in [1.29, 1.82) is 0 Å². The molecule has 0 aromatic rings. The summed E-state index contributed by atoms with van der Waals surface area (Å²) in [6.07, 6.45) is 13.7. The molecule has 1 N–H and O–H groups in total. The summed E-state index contributed by atoms with van der Waals surface area (Å²) in [7, 11) is 0. The molecule has 1 rings (SSSR count). The van der Waals surface area contributed by atoms with Crippen molar-refractivity contribution in [3.8, 4) is 12.3 Å². The number of rotatable bonds is 3. The Labute approximate surface area is 82.3 Å². The summed E-state index contributed by atoms with van der Waals surface area (Å²) in [5.41, 5.74) is 0. The van der Waals surface area contributed by atoms with Gasteiger partial charge in [0, 0.05) is 6.04 Å². The molecule has 0 bridgehead atoms. The van der Waals surface area contributed by atoms with Crippen LogP contribution in [0.15, 0.2) is 0 Å². The lowest BCUT2D eigenvalue weighted by Crippen LogP contribution is -2.33. The van der Waals surface area contributed by atoms with Gasteiger partial charge in [-0.2, -0.15) is 0 Å². The molecule has 0 aromatic carbocycles. The molecule has 0 unspecified atom stereocenters. The molecule has 13 heavy (non-hydrogen) atoms. The Kier molecular flexibility index (Phi) is 4.93. The van der Waals surface area contributed by atoms with Crippen molar-refractivity contribution in [3.05, 3.63) is 0 Å². The topological polar surface area (TPSA) is 12.0 Å². The first-order valence-electron chi connectivity index (χ1n) is 5.51. The third kappa shape index (κ3) is 3.83. The SMILES string of the molecule is C#CCN[C@@H](C)C1CCCCCC1. The number of nitrogens with one attached hydrogen (secondary N) is 1. The highest BCUT2D eigenvalue weighted by molar-refractivity contribution is 4.88. The van der Waals surface area contributed by atoms with Gasteiger partial charge in [-0.1, -0.05) is 31.6 Å². The maximum absolute atomic E-state index is 5.22. The number of terminal acetylenes is 1. The summed E-state index contributed by atoms with van der Waals surface area (Å²) in [4.78, 5) is 0. The first kappa shape index (κ1) is 10.6. The molecule has 1 nitrogen and oxygen atoms in total. The average molecular weight is 179 g/mol. The molecular formula is C12H21N. The molecule has 0 radical (unpaired) electrons. The summed E-state index contributed by atoms with van der Waals surface area (Å²) < 4.78 is 0. The van der Waals surface area contributed by atoms with Crippen LogP contribution in [0, 0.1) is 18.3 Å². The van der Waals surface area contributed by atoms with E-state index in [0.29, 0.717) is 6.04 Å². The molecule has 1 aliphatic rings. The van der Waals surface area contributed by atoms with Crippen molar-refractivity contribution in [2.75, 3.05) is 6.54 Å². The summed E-state index contributed by atoms with van der Waals surface area (Å²) in [5, 5.41) is 3.39. The third-order valence-electron chi connectivity index (χ3n) is 3.13. The molecule has 0 aromatic heterocycles. The van der Waals surface area contributed by atoms with E-state index in [0.717, 1.165) is 12.5 Å². The molecule has 1 heteroatoms. The molecule has 1 atom stereocenters. The monoisotopic (exact) mass is 179 g/mol. The predicted octanol–water partition coefficient (Wildman–Crippen LogP) is 2.57. The van der Waals surface area contributed by atoms with E-state index in [-0.39, 0.29) is 0 Å². The van der Waals surface area contributed by atoms with E-state index < -0.39 is 0 Å². The van der Waals surface area contributed by atoms with Gasteiger partial charge in [-0.25, -0.2) is 0 Å². The van der Waals surface area contributed by atoms with Gasteiger partial charge in [0.1, 0.15) is 0 Å². The van der Waals surface area contributed by atoms with Gasteiger partial charge in [-0.3, -0.25) is 0 Å². The maximum atomic E-state index is 5.22. The zero-order valence-electron chi connectivity index (χ0n) is 8.68. The molecule has 0 aliphatic heterocycles. The Morgan fingerprint density at radius 3 is 2.46 bits per heavy atom. The fraction of sp³-hybridized carbons (Fsp3) is 0.833. The van der Waals surface area contributed by atoms with Crippen molar-refractivity contribution in [2.45, 2.75) is 51.5 Å². The van der Waals surface area contributed by atoms with Crippen LogP contribution < -0.4 is 5.32 Å². The normalized spacial score (nSPS) is 21.8. The minimum atomic E-state index is 0.606. The molecule has 1 fully saturated rings. The fourth-order valence-corrected chi connectivity index (χ4v) is 2.20.